The first kappa shape index (κ1) is 9.43. The van der Waals surface area contributed by atoms with Gasteiger partial charge < -0.3 is 5.73 Å². The molecule has 3 heteroatoms. The van der Waals surface area contributed by atoms with E-state index in [0.717, 1.165) is 4.47 Å². The van der Waals surface area contributed by atoms with Gasteiger partial charge in [0.25, 0.3) is 0 Å². The second-order valence-electron chi connectivity index (χ2n) is 1.40. The van der Waals surface area contributed by atoms with Crippen LogP contribution in [0.4, 0.5) is 5.82 Å². The highest BCUT2D eigenvalue weighted by atomic mass is 79.9. The normalized spacial score (nSPS) is 7.90. The lowest BCUT2D eigenvalue weighted by Gasteiger charge is -1.88. The molecule has 1 aromatic heterocycles. The van der Waals surface area contributed by atoms with Crippen LogP contribution >= 0.6 is 15.9 Å². The molecule has 1 aromatic rings. The zero-order valence-electron chi connectivity index (χ0n) is 6.13. The third kappa shape index (κ3) is 3.45. The molecule has 0 aromatic carbocycles. The molecule has 0 radical (unpaired) electrons. The molecule has 0 aliphatic carbocycles. The standard InChI is InChI=1S/C5H5BrN2.C2H6/c6-4-1-2-8-5(7)3-4;1-2/h1-3H,(H2,7,8);1-2H3. The van der Waals surface area contributed by atoms with Crippen LogP contribution in [-0.4, -0.2) is 4.98 Å². The largest absolute Gasteiger partial charge is 0.384 e. The summed E-state index contributed by atoms with van der Waals surface area (Å²) in [6.07, 6.45) is 1.65. The monoisotopic (exact) mass is 202 g/mol. The van der Waals surface area contributed by atoms with Gasteiger partial charge in [-0.1, -0.05) is 29.8 Å². The Morgan fingerprint density at radius 1 is 1.50 bits per heavy atom. The van der Waals surface area contributed by atoms with Gasteiger partial charge in [-0.05, 0) is 12.1 Å². The van der Waals surface area contributed by atoms with Crippen molar-refractivity contribution in [3.05, 3.63) is 22.8 Å². The van der Waals surface area contributed by atoms with Crippen molar-refractivity contribution < 1.29 is 0 Å². The second kappa shape index (κ2) is 5.23. The number of anilines is 1. The van der Waals surface area contributed by atoms with Crippen molar-refractivity contribution in [1.82, 2.24) is 4.98 Å². The van der Waals surface area contributed by atoms with Gasteiger partial charge in [0.05, 0.1) is 0 Å². The number of rotatable bonds is 0. The van der Waals surface area contributed by atoms with E-state index >= 15 is 0 Å². The minimum Gasteiger partial charge on any atom is -0.384 e. The summed E-state index contributed by atoms with van der Waals surface area (Å²) >= 11 is 3.24. The van der Waals surface area contributed by atoms with Crippen molar-refractivity contribution in [3.63, 3.8) is 0 Å². The third-order valence-corrected chi connectivity index (χ3v) is 1.24. The van der Waals surface area contributed by atoms with Crippen LogP contribution in [0.5, 0.6) is 0 Å². The Morgan fingerprint density at radius 2 is 2.10 bits per heavy atom. The van der Waals surface area contributed by atoms with Crippen LogP contribution < -0.4 is 5.73 Å². The van der Waals surface area contributed by atoms with E-state index in [2.05, 4.69) is 20.9 Å². The summed E-state index contributed by atoms with van der Waals surface area (Å²) in [5.41, 5.74) is 5.32. The van der Waals surface area contributed by atoms with E-state index in [4.69, 9.17) is 5.73 Å². The average Bonchev–Trinajstić information content (AvgIpc) is 1.91. The van der Waals surface area contributed by atoms with Crippen molar-refractivity contribution in [2.75, 3.05) is 5.73 Å². The second-order valence-corrected chi connectivity index (χ2v) is 2.31. The fraction of sp³-hybridized carbons (Fsp3) is 0.286. The van der Waals surface area contributed by atoms with Gasteiger partial charge >= 0.3 is 0 Å². The Kier molecular flexibility index (Phi) is 4.94. The van der Waals surface area contributed by atoms with E-state index in [9.17, 15) is 0 Å². The summed E-state index contributed by atoms with van der Waals surface area (Å²) < 4.78 is 0.963. The molecule has 0 fully saturated rings. The Morgan fingerprint density at radius 3 is 2.40 bits per heavy atom. The van der Waals surface area contributed by atoms with E-state index in [1.54, 1.807) is 12.3 Å². The van der Waals surface area contributed by atoms with E-state index in [0.29, 0.717) is 5.82 Å². The lowest BCUT2D eigenvalue weighted by Crippen LogP contribution is -1.86. The van der Waals surface area contributed by atoms with Gasteiger partial charge in [0, 0.05) is 10.7 Å². The molecule has 0 saturated heterocycles. The Hall–Kier alpha value is -0.570. The predicted molar refractivity (Wildman–Crippen MR) is 47.7 cm³/mol. The molecule has 0 aliphatic heterocycles. The molecule has 2 nitrogen and oxygen atoms in total. The first-order valence-electron chi connectivity index (χ1n) is 3.16. The van der Waals surface area contributed by atoms with Crippen molar-refractivity contribution in [2.45, 2.75) is 13.8 Å². The van der Waals surface area contributed by atoms with E-state index in [-0.39, 0.29) is 0 Å². The van der Waals surface area contributed by atoms with Gasteiger partial charge in [-0.2, -0.15) is 0 Å². The highest BCUT2D eigenvalue weighted by Crippen LogP contribution is 2.09. The fourth-order valence-electron chi connectivity index (χ4n) is 0.421. The minimum atomic E-state index is 0.541. The smallest absolute Gasteiger partial charge is 0.124 e. The van der Waals surface area contributed by atoms with Gasteiger partial charge in [0.1, 0.15) is 5.82 Å². The zero-order chi connectivity index (χ0) is 7.98. The Labute approximate surface area is 69.6 Å². The average molecular weight is 203 g/mol. The number of hydrogen-bond acceptors (Lipinski definition) is 2. The molecule has 2 N–H and O–H groups in total. The fourth-order valence-corrected chi connectivity index (χ4v) is 0.774. The van der Waals surface area contributed by atoms with E-state index in [1.807, 2.05) is 19.9 Å². The first-order chi connectivity index (χ1) is 4.79. The molecule has 1 rings (SSSR count). The third-order valence-electron chi connectivity index (χ3n) is 0.743. The van der Waals surface area contributed by atoms with Crippen LogP contribution in [0, 0.1) is 0 Å². The first-order valence-corrected chi connectivity index (χ1v) is 3.95. The summed E-state index contributed by atoms with van der Waals surface area (Å²) in [7, 11) is 0. The molecule has 1 heterocycles. The summed E-state index contributed by atoms with van der Waals surface area (Å²) in [5, 5.41) is 0. The van der Waals surface area contributed by atoms with Crippen LogP contribution in [-0.2, 0) is 0 Å². The molecular formula is C7H11BrN2. The molecule has 56 valence electrons. The SMILES string of the molecule is CC.Nc1cc(Br)ccn1. The number of pyridine rings is 1. The molecule has 0 saturated carbocycles. The number of aromatic nitrogens is 1. The maximum atomic E-state index is 5.32. The van der Waals surface area contributed by atoms with Gasteiger partial charge in [0.2, 0.25) is 0 Å². The maximum Gasteiger partial charge on any atom is 0.124 e. The number of nitrogen functional groups attached to an aromatic ring is 1. The lowest BCUT2D eigenvalue weighted by molar-refractivity contribution is 1.33. The molecule has 0 atom stereocenters. The van der Waals surface area contributed by atoms with Crippen LogP contribution in [0.2, 0.25) is 0 Å². The molecule has 10 heavy (non-hydrogen) atoms. The molecule has 0 bridgehead atoms. The maximum absolute atomic E-state index is 5.32. The van der Waals surface area contributed by atoms with E-state index in [1.165, 1.54) is 0 Å². The minimum absolute atomic E-state index is 0.541. The highest BCUT2D eigenvalue weighted by Gasteiger charge is 1.84. The molecule has 0 aliphatic rings. The van der Waals surface area contributed by atoms with Crippen LogP contribution in [0.15, 0.2) is 22.8 Å². The number of nitrogens with zero attached hydrogens (tertiary/aromatic N) is 1. The van der Waals surface area contributed by atoms with Crippen LogP contribution in [0.3, 0.4) is 0 Å². The lowest BCUT2D eigenvalue weighted by atomic mass is 10.5. The van der Waals surface area contributed by atoms with E-state index < -0.39 is 0 Å². The van der Waals surface area contributed by atoms with Crippen molar-refractivity contribution in [2.24, 2.45) is 0 Å². The highest BCUT2D eigenvalue weighted by molar-refractivity contribution is 9.10. The van der Waals surface area contributed by atoms with Gasteiger partial charge in [-0.25, -0.2) is 4.98 Å². The zero-order valence-corrected chi connectivity index (χ0v) is 7.72. The van der Waals surface area contributed by atoms with Crippen LogP contribution in [0.1, 0.15) is 13.8 Å². The topological polar surface area (TPSA) is 38.9 Å². The quantitative estimate of drug-likeness (QED) is 0.703. The number of nitrogens with two attached hydrogens (primary N) is 1. The summed E-state index contributed by atoms with van der Waals surface area (Å²) in [4.78, 5) is 3.79. The number of hydrogen-bond donors (Lipinski definition) is 1. The summed E-state index contributed by atoms with van der Waals surface area (Å²) in [6, 6.07) is 3.58. The van der Waals surface area contributed by atoms with Gasteiger partial charge in [0.15, 0.2) is 0 Å². The summed E-state index contributed by atoms with van der Waals surface area (Å²) in [6.45, 7) is 4.00. The van der Waals surface area contributed by atoms with Crippen molar-refractivity contribution in [3.8, 4) is 0 Å². The van der Waals surface area contributed by atoms with Crippen LogP contribution in [0.25, 0.3) is 0 Å². The Bertz CT molecular complexity index is 171. The molecule has 0 unspecified atom stereocenters. The summed E-state index contributed by atoms with van der Waals surface area (Å²) in [5.74, 6) is 0.541. The van der Waals surface area contributed by atoms with Gasteiger partial charge in [-0.3, -0.25) is 0 Å². The molecule has 0 spiro atoms. The van der Waals surface area contributed by atoms with Gasteiger partial charge in [-0.15, -0.1) is 0 Å². The van der Waals surface area contributed by atoms with Crippen molar-refractivity contribution >= 4 is 21.7 Å². The predicted octanol–water partition coefficient (Wildman–Crippen LogP) is 2.45. The molecule has 0 amide bonds. The number of halogens is 1. The Balaban J connectivity index is 0.000000371. The molecular weight excluding hydrogens is 192 g/mol. The van der Waals surface area contributed by atoms with Crippen molar-refractivity contribution in [1.29, 1.82) is 0 Å².